The predicted octanol–water partition coefficient (Wildman–Crippen LogP) is 2.14. The van der Waals surface area contributed by atoms with E-state index in [1.807, 2.05) is 54.0 Å². The van der Waals surface area contributed by atoms with Crippen LogP contribution in [0.1, 0.15) is 17.3 Å². The van der Waals surface area contributed by atoms with Crippen molar-refractivity contribution in [2.24, 2.45) is 7.05 Å². The summed E-state index contributed by atoms with van der Waals surface area (Å²) in [4.78, 5) is 0. The summed E-state index contributed by atoms with van der Waals surface area (Å²) in [5, 5.41) is 12.0. The van der Waals surface area contributed by atoms with Gasteiger partial charge in [-0.15, -0.1) is 0 Å². The van der Waals surface area contributed by atoms with Gasteiger partial charge >= 0.3 is 0 Å². The van der Waals surface area contributed by atoms with Gasteiger partial charge in [0, 0.05) is 18.8 Å². The van der Waals surface area contributed by atoms with Crippen LogP contribution in [0.2, 0.25) is 0 Å². The van der Waals surface area contributed by atoms with Crippen LogP contribution in [0.15, 0.2) is 41.3 Å². The Morgan fingerprint density at radius 3 is 2.79 bits per heavy atom. The van der Waals surface area contributed by atoms with E-state index in [0.29, 0.717) is 0 Å². The van der Waals surface area contributed by atoms with E-state index in [-0.39, 0.29) is 6.04 Å². The molecule has 1 N–H and O–H groups in total. The van der Waals surface area contributed by atoms with Gasteiger partial charge in [0.2, 0.25) is 0 Å². The molecule has 1 atom stereocenters. The van der Waals surface area contributed by atoms with Crippen LogP contribution in [-0.4, -0.2) is 26.4 Å². The second-order valence-corrected chi connectivity index (χ2v) is 5.21. The smallest absolute Gasteiger partial charge is 0.0794 e. The van der Waals surface area contributed by atoms with Crippen LogP contribution in [0, 0.1) is 0 Å². The van der Waals surface area contributed by atoms with Gasteiger partial charge in [0.05, 0.1) is 34.1 Å². The van der Waals surface area contributed by atoms with Gasteiger partial charge in [-0.3, -0.25) is 4.68 Å². The molecular formula is C13H14BrN5. The lowest BCUT2D eigenvalue weighted by molar-refractivity contribution is 0.606. The lowest BCUT2D eigenvalue weighted by atomic mass is 10.1. The number of fused-ring (bicyclic) bond motifs is 1. The van der Waals surface area contributed by atoms with Crippen molar-refractivity contribution in [2.75, 3.05) is 7.05 Å². The second-order valence-electron chi connectivity index (χ2n) is 4.35. The highest BCUT2D eigenvalue weighted by Crippen LogP contribution is 2.29. The van der Waals surface area contributed by atoms with Crippen LogP contribution in [0.25, 0.3) is 5.52 Å². The van der Waals surface area contributed by atoms with Gasteiger partial charge in [0.25, 0.3) is 0 Å². The number of pyridine rings is 1. The summed E-state index contributed by atoms with van der Waals surface area (Å²) in [6.45, 7) is 0. The average molecular weight is 320 g/mol. The van der Waals surface area contributed by atoms with Gasteiger partial charge in [0.15, 0.2) is 0 Å². The molecule has 0 saturated carbocycles. The quantitative estimate of drug-likeness (QED) is 0.804. The van der Waals surface area contributed by atoms with Gasteiger partial charge in [-0.25, -0.2) is 4.52 Å². The Morgan fingerprint density at radius 2 is 2.11 bits per heavy atom. The molecule has 3 aromatic heterocycles. The molecule has 1 unspecified atom stereocenters. The van der Waals surface area contributed by atoms with Gasteiger partial charge in [0.1, 0.15) is 0 Å². The lowest BCUT2D eigenvalue weighted by Crippen LogP contribution is -2.21. The maximum Gasteiger partial charge on any atom is 0.0794 e. The molecule has 98 valence electrons. The highest BCUT2D eigenvalue weighted by atomic mass is 79.9. The van der Waals surface area contributed by atoms with Gasteiger partial charge < -0.3 is 5.32 Å². The Kier molecular flexibility index (Phi) is 3.12. The number of rotatable bonds is 3. The molecule has 0 bridgehead atoms. The molecule has 0 aromatic carbocycles. The van der Waals surface area contributed by atoms with Crippen molar-refractivity contribution >= 4 is 21.4 Å². The van der Waals surface area contributed by atoms with Gasteiger partial charge in [-0.05, 0) is 35.1 Å². The normalized spacial score (nSPS) is 13.0. The van der Waals surface area contributed by atoms with Crippen molar-refractivity contribution in [1.82, 2.24) is 24.7 Å². The third-order valence-electron chi connectivity index (χ3n) is 3.27. The summed E-state index contributed by atoms with van der Waals surface area (Å²) in [6.07, 6.45) is 5.66. The van der Waals surface area contributed by atoms with Crippen molar-refractivity contribution in [1.29, 1.82) is 0 Å². The molecule has 3 aromatic rings. The van der Waals surface area contributed by atoms with Crippen LogP contribution >= 0.6 is 15.9 Å². The zero-order valence-electron chi connectivity index (χ0n) is 10.7. The molecule has 3 rings (SSSR count). The fraction of sp³-hybridized carbons (Fsp3) is 0.231. The number of nitrogens with zero attached hydrogens (tertiary/aromatic N) is 4. The van der Waals surface area contributed by atoms with E-state index in [2.05, 4.69) is 37.5 Å². The molecule has 3 heterocycles. The molecule has 0 fully saturated rings. The minimum atomic E-state index is 0.0433. The van der Waals surface area contributed by atoms with Crippen LogP contribution < -0.4 is 5.32 Å². The summed E-state index contributed by atoms with van der Waals surface area (Å²) in [7, 11) is 3.88. The number of hydrogen-bond acceptors (Lipinski definition) is 3. The molecule has 0 radical (unpaired) electrons. The van der Waals surface area contributed by atoms with E-state index in [1.165, 1.54) is 0 Å². The summed E-state index contributed by atoms with van der Waals surface area (Å²) in [5.74, 6) is 0. The van der Waals surface area contributed by atoms with Crippen LogP contribution in [0.5, 0.6) is 0 Å². The van der Waals surface area contributed by atoms with Crippen LogP contribution in [-0.2, 0) is 7.05 Å². The number of aryl methyl sites for hydroxylation is 1. The van der Waals surface area contributed by atoms with E-state index in [0.717, 1.165) is 21.2 Å². The zero-order chi connectivity index (χ0) is 13.4. The first kappa shape index (κ1) is 12.4. The van der Waals surface area contributed by atoms with Gasteiger partial charge in [-0.2, -0.15) is 10.2 Å². The molecular weight excluding hydrogens is 306 g/mol. The topological polar surface area (TPSA) is 47.1 Å². The Balaban J connectivity index is 2.18. The van der Waals surface area contributed by atoms with Crippen molar-refractivity contribution in [3.8, 4) is 0 Å². The molecule has 19 heavy (non-hydrogen) atoms. The number of hydrogen-bond donors (Lipinski definition) is 1. The van der Waals surface area contributed by atoms with Crippen molar-refractivity contribution in [3.63, 3.8) is 0 Å². The highest BCUT2D eigenvalue weighted by Gasteiger charge is 2.22. The fourth-order valence-electron chi connectivity index (χ4n) is 2.36. The standard InChI is InChI=1S/C13H14BrN5/c1-15-12(13-10(14)8-16-18(13)2)9-7-17-19-6-4-3-5-11(9)19/h3-8,12,15H,1-2H3. The zero-order valence-corrected chi connectivity index (χ0v) is 12.3. The maximum absolute atomic E-state index is 4.39. The summed E-state index contributed by atoms with van der Waals surface area (Å²) >= 11 is 3.56. The molecule has 0 spiro atoms. The SMILES string of the molecule is CNC(c1cnn2ccccc12)c1c(Br)cnn1C. The Hall–Kier alpha value is -1.66. The van der Waals surface area contributed by atoms with Crippen molar-refractivity contribution in [2.45, 2.75) is 6.04 Å². The molecule has 5 nitrogen and oxygen atoms in total. The second kappa shape index (κ2) is 4.79. The van der Waals surface area contributed by atoms with E-state index < -0.39 is 0 Å². The van der Waals surface area contributed by atoms with Crippen LogP contribution in [0.4, 0.5) is 0 Å². The largest absolute Gasteiger partial charge is 0.308 e. The molecule has 6 heteroatoms. The van der Waals surface area contributed by atoms with Crippen molar-refractivity contribution in [3.05, 3.63) is 52.5 Å². The molecule has 0 aliphatic heterocycles. The summed E-state index contributed by atoms with van der Waals surface area (Å²) in [6, 6.07) is 6.10. The number of aromatic nitrogens is 4. The number of nitrogens with one attached hydrogen (secondary N) is 1. The molecule has 0 aliphatic carbocycles. The fourth-order valence-corrected chi connectivity index (χ4v) is 2.94. The van der Waals surface area contributed by atoms with E-state index in [4.69, 9.17) is 0 Å². The number of halogens is 1. The molecule has 0 amide bonds. The van der Waals surface area contributed by atoms with E-state index in [9.17, 15) is 0 Å². The summed E-state index contributed by atoms with van der Waals surface area (Å²) in [5.41, 5.74) is 3.31. The average Bonchev–Trinajstić information content (AvgIpc) is 2.98. The Bertz CT molecular complexity index is 695. The van der Waals surface area contributed by atoms with E-state index >= 15 is 0 Å². The minimum Gasteiger partial charge on any atom is -0.308 e. The summed E-state index contributed by atoms with van der Waals surface area (Å²) < 4.78 is 4.74. The molecule has 0 saturated heterocycles. The van der Waals surface area contributed by atoms with Crippen LogP contribution in [0.3, 0.4) is 0 Å². The third-order valence-corrected chi connectivity index (χ3v) is 3.88. The first-order valence-corrected chi connectivity index (χ1v) is 6.78. The maximum atomic E-state index is 4.39. The van der Waals surface area contributed by atoms with Gasteiger partial charge in [-0.1, -0.05) is 6.07 Å². The Morgan fingerprint density at radius 1 is 1.26 bits per heavy atom. The van der Waals surface area contributed by atoms with E-state index in [1.54, 1.807) is 0 Å². The van der Waals surface area contributed by atoms with Crippen molar-refractivity contribution < 1.29 is 0 Å². The first-order valence-electron chi connectivity index (χ1n) is 5.99. The Labute approximate surface area is 119 Å². The first-order chi connectivity index (χ1) is 9.22. The molecule has 0 aliphatic rings. The highest BCUT2D eigenvalue weighted by molar-refractivity contribution is 9.10. The lowest BCUT2D eigenvalue weighted by Gasteiger charge is -2.16. The monoisotopic (exact) mass is 319 g/mol. The third kappa shape index (κ3) is 1.97. The minimum absolute atomic E-state index is 0.0433. The predicted molar refractivity (Wildman–Crippen MR) is 77.0 cm³/mol.